The van der Waals surface area contributed by atoms with Crippen molar-refractivity contribution in [2.75, 3.05) is 0 Å². The monoisotopic (exact) mass is 254 g/mol. The zero-order valence-electron chi connectivity index (χ0n) is 10.3. The van der Waals surface area contributed by atoms with E-state index >= 15 is 0 Å². The van der Waals surface area contributed by atoms with Crippen molar-refractivity contribution in [3.8, 4) is 0 Å². The number of rotatable bonds is 3. The summed E-state index contributed by atoms with van der Waals surface area (Å²) in [6.07, 6.45) is 5.10. The molecule has 3 nitrogen and oxygen atoms in total. The van der Waals surface area contributed by atoms with Crippen molar-refractivity contribution in [3.05, 3.63) is 59.2 Å². The van der Waals surface area contributed by atoms with Crippen LogP contribution in [0.4, 0.5) is 10.1 Å². The molecule has 0 amide bonds. The van der Waals surface area contributed by atoms with Gasteiger partial charge in [-0.2, -0.15) is 4.99 Å². The lowest BCUT2D eigenvalue weighted by Gasteiger charge is -1.98. The molecule has 0 bridgehead atoms. The van der Waals surface area contributed by atoms with Crippen molar-refractivity contribution in [2.24, 2.45) is 4.99 Å². The number of hydrogen-bond donors (Lipinski definition) is 0. The highest BCUT2D eigenvalue weighted by Crippen LogP contribution is 2.16. The molecule has 0 unspecified atom stereocenters. The van der Waals surface area contributed by atoms with Crippen LogP contribution in [0.1, 0.15) is 17.0 Å². The molecule has 0 aliphatic heterocycles. The Morgan fingerprint density at radius 2 is 1.95 bits per heavy atom. The van der Waals surface area contributed by atoms with Gasteiger partial charge in [0.1, 0.15) is 5.82 Å². The quantitative estimate of drug-likeness (QED) is 0.619. The van der Waals surface area contributed by atoms with Gasteiger partial charge >= 0.3 is 0 Å². The number of isocyanates is 1. The van der Waals surface area contributed by atoms with Crippen LogP contribution in [0.2, 0.25) is 0 Å². The van der Waals surface area contributed by atoms with E-state index < -0.39 is 0 Å². The van der Waals surface area contributed by atoms with Gasteiger partial charge in [0.2, 0.25) is 6.08 Å². The van der Waals surface area contributed by atoms with Gasteiger partial charge in [0.15, 0.2) is 0 Å². The van der Waals surface area contributed by atoms with E-state index in [1.54, 1.807) is 30.3 Å². The summed E-state index contributed by atoms with van der Waals surface area (Å²) >= 11 is 0. The molecule has 0 aliphatic carbocycles. The zero-order valence-corrected chi connectivity index (χ0v) is 10.3. The van der Waals surface area contributed by atoms with Gasteiger partial charge in [-0.1, -0.05) is 18.2 Å². The largest absolute Gasteiger partial charge is 0.254 e. The fourth-order valence-corrected chi connectivity index (χ4v) is 1.63. The molecule has 0 aliphatic rings. The second kappa shape index (κ2) is 5.85. The highest BCUT2D eigenvalue weighted by atomic mass is 19.1. The first-order valence-electron chi connectivity index (χ1n) is 5.67. The molecule has 0 spiro atoms. The smallest absolute Gasteiger partial charge is 0.240 e. The molecule has 1 aromatic heterocycles. The van der Waals surface area contributed by atoms with Crippen molar-refractivity contribution in [2.45, 2.75) is 6.92 Å². The van der Waals surface area contributed by atoms with Crippen LogP contribution in [0.15, 0.2) is 41.4 Å². The minimum atomic E-state index is -0.270. The number of halogens is 1. The van der Waals surface area contributed by atoms with Gasteiger partial charge in [0, 0.05) is 5.69 Å². The average Bonchev–Trinajstić information content (AvgIpc) is 2.38. The molecule has 2 aromatic rings. The molecular formula is C15H11FN2O. The van der Waals surface area contributed by atoms with Crippen LogP contribution in [0.25, 0.3) is 12.2 Å². The first-order chi connectivity index (χ1) is 9.17. The Kier molecular flexibility index (Phi) is 3.96. The van der Waals surface area contributed by atoms with Crippen LogP contribution in [0.5, 0.6) is 0 Å². The molecule has 0 radical (unpaired) electrons. The molecule has 94 valence electrons. The first kappa shape index (κ1) is 12.9. The Labute approximate surface area is 110 Å². The van der Waals surface area contributed by atoms with Crippen LogP contribution >= 0.6 is 0 Å². The average molecular weight is 254 g/mol. The molecule has 0 fully saturated rings. The predicted molar refractivity (Wildman–Crippen MR) is 72.1 cm³/mol. The number of pyridine rings is 1. The highest BCUT2D eigenvalue weighted by molar-refractivity contribution is 5.69. The van der Waals surface area contributed by atoms with Crippen LogP contribution in [-0.4, -0.2) is 11.1 Å². The van der Waals surface area contributed by atoms with Crippen LogP contribution in [0, 0.1) is 12.7 Å². The topological polar surface area (TPSA) is 42.3 Å². The standard InChI is InChI=1S/C15H11FN2O/c1-11-8-15(17-10-19)9-14(18-11)7-4-12-2-5-13(16)6-3-12/h2-9H,1H3/b7-4+. The third kappa shape index (κ3) is 3.69. The van der Waals surface area contributed by atoms with Crippen molar-refractivity contribution < 1.29 is 9.18 Å². The normalized spacial score (nSPS) is 10.4. The van der Waals surface area contributed by atoms with E-state index in [1.807, 2.05) is 13.0 Å². The van der Waals surface area contributed by atoms with Crippen molar-refractivity contribution >= 4 is 23.9 Å². The van der Waals surface area contributed by atoms with Gasteiger partial charge in [-0.15, -0.1) is 0 Å². The van der Waals surface area contributed by atoms with Crippen LogP contribution in [0.3, 0.4) is 0 Å². The number of nitrogens with zero attached hydrogens (tertiary/aromatic N) is 2. The lowest BCUT2D eigenvalue weighted by Crippen LogP contribution is -1.85. The van der Waals surface area contributed by atoms with E-state index in [2.05, 4.69) is 9.98 Å². The third-order valence-corrected chi connectivity index (χ3v) is 2.45. The summed E-state index contributed by atoms with van der Waals surface area (Å²) in [5, 5.41) is 0. The highest BCUT2D eigenvalue weighted by Gasteiger charge is 1.97. The maximum absolute atomic E-state index is 12.8. The maximum atomic E-state index is 12.8. The maximum Gasteiger partial charge on any atom is 0.240 e. The van der Waals surface area contributed by atoms with E-state index in [0.717, 1.165) is 11.3 Å². The van der Waals surface area contributed by atoms with Gasteiger partial charge < -0.3 is 0 Å². The number of aryl methyl sites for hydroxylation is 1. The number of aliphatic imine (C=N–C) groups is 1. The van der Waals surface area contributed by atoms with Gasteiger partial charge in [-0.3, -0.25) is 4.98 Å². The Morgan fingerprint density at radius 1 is 1.21 bits per heavy atom. The van der Waals surface area contributed by atoms with E-state index in [9.17, 15) is 9.18 Å². The van der Waals surface area contributed by atoms with Gasteiger partial charge in [-0.25, -0.2) is 9.18 Å². The molecule has 1 aromatic carbocycles. The fourth-order valence-electron chi connectivity index (χ4n) is 1.63. The summed E-state index contributed by atoms with van der Waals surface area (Å²) in [5.41, 5.74) is 2.82. The molecule has 0 N–H and O–H groups in total. The van der Waals surface area contributed by atoms with Crippen molar-refractivity contribution in [3.63, 3.8) is 0 Å². The molecule has 19 heavy (non-hydrogen) atoms. The summed E-state index contributed by atoms with van der Waals surface area (Å²) in [5.74, 6) is -0.270. The van der Waals surface area contributed by atoms with Gasteiger partial charge in [-0.05, 0) is 42.8 Å². The number of carbonyl (C=O) groups excluding carboxylic acids is 1. The van der Waals surface area contributed by atoms with E-state index in [1.165, 1.54) is 18.2 Å². The van der Waals surface area contributed by atoms with Crippen molar-refractivity contribution in [1.82, 2.24) is 4.98 Å². The SMILES string of the molecule is Cc1cc(N=C=O)cc(/C=C/c2ccc(F)cc2)n1. The van der Waals surface area contributed by atoms with Crippen LogP contribution in [-0.2, 0) is 4.79 Å². The Balaban J connectivity index is 2.27. The Hall–Kier alpha value is -2.58. The summed E-state index contributed by atoms with van der Waals surface area (Å²) in [6, 6.07) is 9.51. The number of hydrogen-bond acceptors (Lipinski definition) is 3. The Bertz CT molecular complexity index is 656. The lowest BCUT2D eigenvalue weighted by atomic mass is 10.2. The summed E-state index contributed by atoms with van der Waals surface area (Å²) < 4.78 is 12.8. The number of aromatic nitrogens is 1. The summed E-state index contributed by atoms with van der Waals surface area (Å²) in [4.78, 5) is 18.1. The van der Waals surface area contributed by atoms with Crippen LogP contribution < -0.4 is 0 Å². The molecule has 0 saturated carbocycles. The zero-order chi connectivity index (χ0) is 13.7. The Morgan fingerprint density at radius 3 is 2.63 bits per heavy atom. The molecule has 1 heterocycles. The van der Waals surface area contributed by atoms with E-state index in [-0.39, 0.29) is 5.82 Å². The number of benzene rings is 1. The van der Waals surface area contributed by atoms with E-state index in [4.69, 9.17) is 0 Å². The first-order valence-corrected chi connectivity index (χ1v) is 5.67. The van der Waals surface area contributed by atoms with Gasteiger partial charge in [0.05, 0.1) is 11.4 Å². The molecule has 2 rings (SSSR count). The molecule has 0 atom stereocenters. The summed E-state index contributed by atoms with van der Waals surface area (Å²) in [6.45, 7) is 1.82. The third-order valence-electron chi connectivity index (χ3n) is 2.45. The lowest BCUT2D eigenvalue weighted by molar-refractivity contribution is 0.565. The molecular weight excluding hydrogens is 243 g/mol. The van der Waals surface area contributed by atoms with Gasteiger partial charge in [0.25, 0.3) is 0 Å². The minimum Gasteiger partial charge on any atom is -0.254 e. The van der Waals surface area contributed by atoms with E-state index in [0.29, 0.717) is 11.4 Å². The molecule has 4 heteroatoms. The fraction of sp³-hybridized carbons (Fsp3) is 0.0667. The minimum absolute atomic E-state index is 0.270. The second-order valence-corrected chi connectivity index (χ2v) is 3.98. The summed E-state index contributed by atoms with van der Waals surface area (Å²) in [7, 11) is 0. The predicted octanol–water partition coefficient (Wildman–Crippen LogP) is 3.67. The second-order valence-electron chi connectivity index (χ2n) is 3.98. The van der Waals surface area contributed by atoms with Crippen molar-refractivity contribution in [1.29, 1.82) is 0 Å². The molecule has 0 saturated heterocycles.